The van der Waals surface area contributed by atoms with Crippen LogP contribution in [0.2, 0.25) is 5.02 Å². The molecule has 0 atom stereocenters. The van der Waals surface area contributed by atoms with E-state index in [0.29, 0.717) is 17.3 Å². The van der Waals surface area contributed by atoms with Gasteiger partial charge in [0.25, 0.3) is 5.91 Å². The van der Waals surface area contributed by atoms with Crippen molar-refractivity contribution in [2.24, 2.45) is 0 Å². The highest BCUT2D eigenvalue weighted by Gasteiger charge is 2.09. The lowest BCUT2D eigenvalue weighted by atomic mass is 10.2. The summed E-state index contributed by atoms with van der Waals surface area (Å²) in [6.07, 6.45) is 1.55. The van der Waals surface area contributed by atoms with E-state index in [-0.39, 0.29) is 5.69 Å². The molecule has 1 aromatic heterocycles. The number of hydrogen-bond donors (Lipinski definition) is 2. The quantitative estimate of drug-likeness (QED) is 0.695. The maximum absolute atomic E-state index is 13.2. The Labute approximate surface area is 149 Å². The first-order valence-corrected chi connectivity index (χ1v) is 7.99. The van der Waals surface area contributed by atoms with Crippen LogP contribution in [0, 0.1) is 5.82 Å². The van der Waals surface area contributed by atoms with E-state index >= 15 is 0 Å². The fourth-order valence-corrected chi connectivity index (χ4v) is 2.36. The van der Waals surface area contributed by atoms with E-state index in [1.807, 2.05) is 24.3 Å². The molecule has 0 spiro atoms. The standard InChI is InChI=1S/C19H15ClFN3O/c20-14-6-4-13(5-7-14)12-23-16-8-9-22-18(11-16)19(25)24-17-3-1-2-15(21)10-17/h1-11H,12H2,(H,22,23)(H,24,25). The number of halogens is 2. The second-order valence-corrected chi connectivity index (χ2v) is 5.81. The lowest BCUT2D eigenvalue weighted by molar-refractivity contribution is 0.102. The van der Waals surface area contributed by atoms with Crippen LogP contribution in [0.5, 0.6) is 0 Å². The molecule has 0 aliphatic heterocycles. The molecule has 0 unspecified atom stereocenters. The Morgan fingerprint density at radius 3 is 2.60 bits per heavy atom. The molecular formula is C19H15ClFN3O. The van der Waals surface area contributed by atoms with Gasteiger partial charge in [0.15, 0.2) is 0 Å². The van der Waals surface area contributed by atoms with Crippen LogP contribution in [0.3, 0.4) is 0 Å². The third kappa shape index (κ3) is 4.78. The van der Waals surface area contributed by atoms with E-state index < -0.39 is 11.7 Å². The first-order chi connectivity index (χ1) is 12.1. The van der Waals surface area contributed by atoms with Crippen molar-refractivity contribution in [3.63, 3.8) is 0 Å². The number of carbonyl (C=O) groups excluding carboxylic acids is 1. The summed E-state index contributed by atoms with van der Waals surface area (Å²) in [6, 6.07) is 16.6. The molecule has 0 bridgehead atoms. The van der Waals surface area contributed by atoms with Crippen LogP contribution in [0.4, 0.5) is 15.8 Å². The van der Waals surface area contributed by atoms with E-state index in [0.717, 1.165) is 11.3 Å². The van der Waals surface area contributed by atoms with Gasteiger partial charge in [0.1, 0.15) is 11.5 Å². The van der Waals surface area contributed by atoms with Crippen molar-refractivity contribution in [1.29, 1.82) is 0 Å². The van der Waals surface area contributed by atoms with Crippen molar-refractivity contribution in [3.8, 4) is 0 Å². The van der Waals surface area contributed by atoms with Crippen LogP contribution in [0.25, 0.3) is 0 Å². The predicted octanol–water partition coefficient (Wildman–Crippen LogP) is 4.74. The average molecular weight is 356 g/mol. The SMILES string of the molecule is O=C(Nc1cccc(F)c1)c1cc(NCc2ccc(Cl)cc2)ccn1. The van der Waals surface area contributed by atoms with Gasteiger partial charge in [-0.1, -0.05) is 29.8 Å². The zero-order chi connectivity index (χ0) is 17.6. The number of hydrogen-bond acceptors (Lipinski definition) is 3. The average Bonchev–Trinajstić information content (AvgIpc) is 2.61. The Hall–Kier alpha value is -2.92. The first kappa shape index (κ1) is 16.9. The molecule has 0 fully saturated rings. The van der Waals surface area contributed by atoms with Crippen molar-refractivity contribution in [2.45, 2.75) is 6.54 Å². The van der Waals surface area contributed by atoms with Gasteiger partial charge in [0, 0.05) is 29.1 Å². The van der Waals surface area contributed by atoms with Gasteiger partial charge in [-0.2, -0.15) is 0 Å². The van der Waals surface area contributed by atoms with Crippen LogP contribution in [-0.4, -0.2) is 10.9 Å². The van der Waals surface area contributed by atoms with Crippen molar-refractivity contribution in [3.05, 3.63) is 89.0 Å². The molecule has 0 aliphatic carbocycles. The summed E-state index contributed by atoms with van der Waals surface area (Å²) in [7, 11) is 0. The third-order valence-corrected chi connectivity index (χ3v) is 3.74. The maximum atomic E-state index is 13.2. The largest absolute Gasteiger partial charge is 0.381 e. The summed E-state index contributed by atoms with van der Waals surface area (Å²) in [5.41, 5.74) is 2.44. The molecule has 25 heavy (non-hydrogen) atoms. The van der Waals surface area contributed by atoms with Crippen LogP contribution in [0.15, 0.2) is 66.9 Å². The van der Waals surface area contributed by atoms with Crippen molar-refractivity contribution >= 4 is 28.9 Å². The van der Waals surface area contributed by atoms with Gasteiger partial charge in [0.2, 0.25) is 0 Å². The first-order valence-electron chi connectivity index (χ1n) is 7.61. The number of rotatable bonds is 5. The Bertz CT molecular complexity index is 884. The normalized spacial score (nSPS) is 10.3. The smallest absolute Gasteiger partial charge is 0.274 e. The van der Waals surface area contributed by atoms with Gasteiger partial charge in [-0.05, 0) is 48.0 Å². The van der Waals surface area contributed by atoms with E-state index in [1.165, 1.54) is 18.2 Å². The molecule has 0 radical (unpaired) electrons. The molecule has 0 saturated heterocycles. The Morgan fingerprint density at radius 2 is 1.84 bits per heavy atom. The second kappa shape index (κ2) is 7.77. The highest BCUT2D eigenvalue weighted by molar-refractivity contribution is 6.30. The summed E-state index contributed by atoms with van der Waals surface area (Å²) >= 11 is 5.86. The minimum Gasteiger partial charge on any atom is -0.381 e. The van der Waals surface area contributed by atoms with E-state index in [1.54, 1.807) is 24.4 Å². The molecule has 1 heterocycles. The summed E-state index contributed by atoms with van der Waals surface area (Å²) in [5, 5.41) is 6.53. The molecule has 4 nitrogen and oxygen atoms in total. The van der Waals surface area contributed by atoms with Crippen LogP contribution < -0.4 is 10.6 Å². The van der Waals surface area contributed by atoms with Gasteiger partial charge in [0.05, 0.1) is 0 Å². The molecule has 0 aliphatic rings. The van der Waals surface area contributed by atoms with Gasteiger partial charge in [-0.25, -0.2) is 4.39 Å². The predicted molar refractivity (Wildman–Crippen MR) is 97.4 cm³/mol. The zero-order valence-electron chi connectivity index (χ0n) is 13.2. The molecule has 126 valence electrons. The van der Waals surface area contributed by atoms with Crippen molar-refractivity contribution in [2.75, 3.05) is 10.6 Å². The van der Waals surface area contributed by atoms with Crippen LogP contribution in [0.1, 0.15) is 16.1 Å². The van der Waals surface area contributed by atoms with Gasteiger partial charge in [-0.3, -0.25) is 9.78 Å². The monoisotopic (exact) mass is 355 g/mol. The number of benzene rings is 2. The summed E-state index contributed by atoms with van der Waals surface area (Å²) in [5.74, 6) is -0.815. The summed E-state index contributed by atoms with van der Waals surface area (Å²) in [6.45, 7) is 0.589. The van der Waals surface area contributed by atoms with E-state index in [2.05, 4.69) is 15.6 Å². The molecule has 1 amide bonds. The molecule has 3 aromatic rings. The van der Waals surface area contributed by atoms with Crippen LogP contribution >= 0.6 is 11.6 Å². The molecule has 3 rings (SSSR count). The number of carbonyl (C=O) groups is 1. The summed E-state index contributed by atoms with van der Waals surface area (Å²) < 4.78 is 13.2. The Kier molecular flexibility index (Phi) is 5.26. The van der Waals surface area contributed by atoms with E-state index in [9.17, 15) is 9.18 Å². The molecule has 6 heteroatoms. The number of nitrogens with one attached hydrogen (secondary N) is 2. The molecular weight excluding hydrogens is 341 g/mol. The zero-order valence-corrected chi connectivity index (χ0v) is 13.9. The third-order valence-electron chi connectivity index (χ3n) is 3.48. The number of pyridine rings is 1. The number of amides is 1. The number of aromatic nitrogens is 1. The van der Waals surface area contributed by atoms with Gasteiger partial charge >= 0.3 is 0 Å². The summed E-state index contributed by atoms with van der Waals surface area (Å²) in [4.78, 5) is 16.3. The second-order valence-electron chi connectivity index (χ2n) is 5.37. The topological polar surface area (TPSA) is 54.0 Å². The van der Waals surface area contributed by atoms with Crippen molar-refractivity contribution < 1.29 is 9.18 Å². The fourth-order valence-electron chi connectivity index (χ4n) is 2.23. The molecule has 0 saturated carbocycles. The highest BCUT2D eigenvalue weighted by Crippen LogP contribution is 2.15. The van der Waals surface area contributed by atoms with Gasteiger partial charge in [-0.15, -0.1) is 0 Å². The minimum atomic E-state index is -0.413. The fraction of sp³-hybridized carbons (Fsp3) is 0.0526. The van der Waals surface area contributed by atoms with Gasteiger partial charge < -0.3 is 10.6 Å². The lowest BCUT2D eigenvalue weighted by Gasteiger charge is -2.09. The number of nitrogens with zero attached hydrogens (tertiary/aromatic N) is 1. The lowest BCUT2D eigenvalue weighted by Crippen LogP contribution is -2.14. The Balaban J connectivity index is 1.66. The van der Waals surface area contributed by atoms with E-state index in [4.69, 9.17) is 11.6 Å². The van der Waals surface area contributed by atoms with Crippen molar-refractivity contribution in [1.82, 2.24) is 4.98 Å². The minimum absolute atomic E-state index is 0.241. The highest BCUT2D eigenvalue weighted by atomic mass is 35.5. The van der Waals surface area contributed by atoms with Crippen LogP contribution in [-0.2, 0) is 6.54 Å². The Morgan fingerprint density at radius 1 is 1.04 bits per heavy atom. The number of anilines is 2. The maximum Gasteiger partial charge on any atom is 0.274 e. The molecule has 2 aromatic carbocycles. The molecule has 2 N–H and O–H groups in total.